The van der Waals surface area contributed by atoms with Crippen molar-refractivity contribution in [3.63, 3.8) is 0 Å². The number of ether oxygens (including phenoxy) is 1. The molecule has 6 nitrogen and oxygen atoms in total. The minimum Gasteiger partial charge on any atom is -0.464 e. The van der Waals surface area contributed by atoms with Crippen LogP contribution >= 0.6 is 0 Å². The average molecular weight is 392 g/mol. The molecule has 1 aliphatic heterocycles. The molecule has 0 fully saturated rings. The van der Waals surface area contributed by atoms with Crippen LogP contribution in [-0.2, 0) is 19.1 Å². The molecule has 6 heteroatoms. The second-order valence-corrected chi connectivity index (χ2v) is 7.00. The van der Waals surface area contributed by atoms with Crippen molar-refractivity contribution in [2.75, 3.05) is 6.61 Å². The van der Waals surface area contributed by atoms with Gasteiger partial charge in [-0.1, -0.05) is 60.2 Å². The Balaban J connectivity index is 2.21. The highest BCUT2D eigenvalue weighted by Gasteiger charge is 2.56. The van der Waals surface area contributed by atoms with E-state index in [-0.39, 0.29) is 6.61 Å². The van der Waals surface area contributed by atoms with Crippen LogP contribution in [0, 0.1) is 6.92 Å². The van der Waals surface area contributed by atoms with E-state index < -0.39 is 29.2 Å². The number of carbonyl (C=O) groups excluding carboxylic acids is 3. The van der Waals surface area contributed by atoms with E-state index in [1.54, 1.807) is 13.0 Å². The molecule has 0 radical (unpaired) electrons. The van der Waals surface area contributed by atoms with E-state index in [0.29, 0.717) is 11.3 Å². The van der Waals surface area contributed by atoms with Crippen LogP contribution in [0.15, 0.2) is 60.7 Å². The van der Waals surface area contributed by atoms with Crippen molar-refractivity contribution >= 4 is 23.5 Å². The number of aryl methyl sites for hydroxylation is 1. The average Bonchev–Trinajstić information content (AvgIpc) is 2.70. The van der Waals surface area contributed by atoms with Crippen LogP contribution in [0.1, 0.15) is 36.5 Å². The molecule has 29 heavy (non-hydrogen) atoms. The summed E-state index contributed by atoms with van der Waals surface area (Å²) in [5.41, 5.74) is 1.31. The van der Waals surface area contributed by atoms with Crippen molar-refractivity contribution in [2.45, 2.75) is 32.2 Å². The Morgan fingerprint density at radius 1 is 1.10 bits per heavy atom. The van der Waals surface area contributed by atoms with E-state index in [0.717, 1.165) is 11.1 Å². The van der Waals surface area contributed by atoms with E-state index >= 15 is 0 Å². The van der Waals surface area contributed by atoms with Gasteiger partial charge in [0.25, 0.3) is 5.91 Å². The Morgan fingerprint density at radius 2 is 1.76 bits per heavy atom. The number of esters is 1. The van der Waals surface area contributed by atoms with Gasteiger partial charge in [0.2, 0.25) is 11.4 Å². The summed E-state index contributed by atoms with van der Waals surface area (Å²) in [6.07, 6.45) is 1.80. The van der Waals surface area contributed by atoms with Gasteiger partial charge in [-0.3, -0.25) is 9.59 Å². The molecule has 2 unspecified atom stereocenters. The number of carbonyl (C=O) groups is 3. The van der Waals surface area contributed by atoms with Gasteiger partial charge < -0.3 is 15.4 Å². The quantitative estimate of drug-likeness (QED) is 0.605. The highest BCUT2D eigenvalue weighted by Crippen LogP contribution is 2.37. The summed E-state index contributed by atoms with van der Waals surface area (Å²) < 4.78 is 5.22. The molecule has 0 spiro atoms. The molecule has 0 aromatic heterocycles. The molecular weight excluding hydrogens is 368 g/mol. The van der Waals surface area contributed by atoms with Crippen LogP contribution in [0.2, 0.25) is 0 Å². The third-order valence-electron chi connectivity index (χ3n) is 4.90. The Bertz CT molecular complexity index is 951. The summed E-state index contributed by atoms with van der Waals surface area (Å²) in [5, 5.41) is 5.38. The smallest absolute Gasteiger partial charge is 0.342 e. The maximum Gasteiger partial charge on any atom is 0.342 e. The van der Waals surface area contributed by atoms with Crippen LogP contribution in [0.5, 0.6) is 0 Å². The fourth-order valence-electron chi connectivity index (χ4n) is 3.53. The third-order valence-corrected chi connectivity index (χ3v) is 4.90. The van der Waals surface area contributed by atoms with Gasteiger partial charge in [-0.15, -0.1) is 0 Å². The Labute approximate surface area is 170 Å². The highest BCUT2D eigenvalue weighted by atomic mass is 16.5. The SMILES string of the molecule is CCOC(=O)C1(NC(C)=O)C(=O)NC(c2ccc(C)cc2)=CC1c1ccccc1. The normalized spacial score (nSPS) is 21.0. The molecule has 1 aliphatic rings. The van der Waals surface area contributed by atoms with E-state index in [9.17, 15) is 14.4 Å². The van der Waals surface area contributed by atoms with Gasteiger partial charge >= 0.3 is 5.97 Å². The summed E-state index contributed by atoms with van der Waals surface area (Å²) in [6, 6.07) is 16.8. The first kappa shape index (κ1) is 20.3. The standard InChI is InChI=1S/C23H24N2O4/c1-4-29-22(28)23(25-16(3)26)19(17-8-6-5-7-9-17)14-20(24-21(23)27)18-12-10-15(2)11-13-18/h5-14,19H,4H2,1-3H3,(H,24,27)(H,25,26). The summed E-state index contributed by atoms with van der Waals surface area (Å²) >= 11 is 0. The molecule has 2 atom stereocenters. The van der Waals surface area contributed by atoms with Crippen molar-refractivity contribution in [1.82, 2.24) is 10.6 Å². The van der Waals surface area contributed by atoms with Gasteiger partial charge in [-0.25, -0.2) is 4.79 Å². The van der Waals surface area contributed by atoms with Crippen LogP contribution < -0.4 is 10.6 Å². The van der Waals surface area contributed by atoms with Crippen LogP contribution in [0.3, 0.4) is 0 Å². The van der Waals surface area contributed by atoms with E-state index in [1.807, 2.05) is 61.5 Å². The first-order valence-corrected chi connectivity index (χ1v) is 9.49. The molecule has 2 N–H and O–H groups in total. The largest absolute Gasteiger partial charge is 0.464 e. The van der Waals surface area contributed by atoms with Crippen LogP contribution in [-0.4, -0.2) is 29.9 Å². The van der Waals surface area contributed by atoms with Gasteiger partial charge in [0.15, 0.2) is 0 Å². The third kappa shape index (κ3) is 3.92. The molecular formula is C23H24N2O4. The zero-order chi connectivity index (χ0) is 21.0. The lowest BCUT2D eigenvalue weighted by Gasteiger charge is -2.40. The molecule has 2 aromatic rings. The lowest BCUT2D eigenvalue weighted by Crippen LogP contribution is -2.68. The van der Waals surface area contributed by atoms with Gasteiger partial charge in [0.05, 0.1) is 6.61 Å². The van der Waals surface area contributed by atoms with Crippen molar-refractivity contribution < 1.29 is 19.1 Å². The second kappa shape index (κ2) is 8.31. The van der Waals surface area contributed by atoms with Gasteiger partial charge in [0.1, 0.15) is 0 Å². The zero-order valence-corrected chi connectivity index (χ0v) is 16.7. The van der Waals surface area contributed by atoms with Gasteiger partial charge in [0, 0.05) is 18.5 Å². The highest BCUT2D eigenvalue weighted by molar-refractivity contribution is 6.15. The van der Waals surface area contributed by atoms with E-state index in [1.165, 1.54) is 6.92 Å². The summed E-state index contributed by atoms with van der Waals surface area (Å²) in [5.74, 6) is -2.66. The number of rotatable bonds is 5. The van der Waals surface area contributed by atoms with Crippen molar-refractivity contribution in [3.8, 4) is 0 Å². The number of hydrogen-bond donors (Lipinski definition) is 2. The first-order valence-electron chi connectivity index (χ1n) is 9.49. The number of benzene rings is 2. The predicted molar refractivity (Wildman–Crippen MR) is 110 cm³/mol. The van der Waals surface area contributed by atoms with E-state index in [2.05, 4.69) is 10.6 Å². The maximum atomic E-state index is 13.3. The molecule has 0 bridgehead atoms. The summed E-state index contributed by atoms with van der Waals surface area (Å²) in [6.45, 7) is 5.00. The zero-order valence-electron chi connectivity index (χ0n) is 16.7. The molecule has 150 valence electrons. The lowest BCUT2D eigenvalue weighted by molar-refractivity contribution is -0.158. The molecule has 0 saturated heterocycles. The summed E-state index contributed by atoms with van der Waals surface area (Å²) in [7, 11) is 0. The van der Waals surface area contributed by atoms with Gasteiger partial charge in [-0.05, 0) is 31.1 Å². The van der Waals surface area contributed by atoms with Gasteiger partial charge in [-0.2, -0.15) is 0 Å². The van der Waals surface area contributed by atoms with Crippen LogP contribution in [0.4, 0.5) is 0 Å². The fourth-order valence-corrected chi connectivity index (χ4v) is 3.53. The predicted octanol–water partition coefficient (Wildman–Crippen LogP) is 2.69. The molecule has 2 amide bonds. The molecule has 2 aromatic carbocycles. The fraction of sp³-hybridized carbons (Fsp3) is 0.261. The van der Waals surface area contributed by atoms with Crippen molar-refractivity contribution in [1.29, 1.82) is 0 Å². The van der Waals surface area contributed by atoms with Crippen molar-refractivity contribution in [2.24, 2.45) is 0 Å². The minimum absolute atomic E-state index is 0.0868. The Hall–Kier alpha value is -3.41. The number of hydrogen-bond acceptors (Lipinski definition) is 4. The first-order chi connectivity index (χ1) is 13.9. The van der Waals surface area contributed by atoms with E-state index in [4.69, 9.17) is 4.74 Å². The molecule has 0 aliphatic carbocycles. The summed E-state index contributed by atoms with van der Waals surface area (Å²) in [4.78, 5) is 38.4. The topological polar surface area (TPSA) is 84.5 Å². The minimum atomic E-state index is -1.89. The Morgan fingerprint density at radius 3 is 2.34 bits per heavy atom. The molecule has 3 rings (SSSR count). The molecule has 0 saturated carbocycles. The number of amides is 2. The maximum absolute atomic E-state index is 13.3. The molecule has 1 heterocycles. The Kier molecular flexibility index (Phi) is 5.82. The second-order valence-electron chi connectivity index (χ2n) is 7.00. The number of nitrogens with one attached hydrogen (secondary N) is 2. The van der Waals surface area contributed by atoms with Crippen LogP contribution in [0.25, 0.3) is 5.70 Å². The monoisotopic (exact) mass is 392 g/mol. The van der Waals surface area contributed by atoms with Crippen molar-refractivity contribution in [3.05, 3.63) is 77.4 Å². The lowest BCUT2D eigenvalue weighted by atomic mass is 9.75.